The fourth-order valence-electron chi connectivity index (χ4n) is 11.7. The Kier molecular flexibility index (Phi) is 39.4. The Morgan fingerprint density at radius 3 is 1.29 bits per heavy atom. The summed E-state index contributed by atoms with van der Waals surface area (Å²) in [5.41, 5.74) is 0. The maximum atomic E-state index is 7.69. The molecule has 4 fully saturated rings. The fourth-order valence-corrected chi connectivity index (χ4v) is 62.4. The van der Waals surface area contributed by atoms with Crippen molar-refractivity contribution >= 4 is 154 Å². The van der Waals surface area contributed by atoms with Crippen molar-refractivity contribution < 1.29 is 67.1 Å². The average Bonchev–Trinajstić information content (AvgIpc) is 3.44. The summed E-state index contributed by atoms with van der Waals surface area (Å²) < 4.78 is 107. The van der Waals surface area contributed by atoms with Gasteiger partial charge in [-0.3, -0.25) is 0 Å². The molecule has 4 rings (SSSR count). The SMILES string of the molecule is CC1C[SiH](C)O[SiH](C)O[Si](CCCCCC[Si](C)(C)O[Si](O[Si]CCCCCC[Si]2O[SiH](C)CC(C)O[SiH](C)O2)(O[Si](C)(C)CCCCCC[Si]2CC(C)O[SiH](C)O[SiH](C)O2)O[Si](C)(C)CCCCCC[Si]2OC(C)C[SiH](C)O[SiH](C)O2)O1. The second-order valence-corrected chi connectivity index (χ2v) is 70.4. The Bertz CT molecular complexity index is 1510. The third-order valence-electron chi connectivity index (χ3n) is 15.4. The molecule has 4 aliphatic heterocycles. The van der Waals surface area contributed by atoms with Crippen molar-refractivity contribution in [2.45, 2.75) is 319 Å². The van der Waals surface area contributed by atoms with Crippen LogP contribution in [0.2, 0.25) is 164 Å². The first kappa shape index (κ1) is 78.5. The minimum Gasteiger partial charge on any atom is -0.441 e. The van der Waals surface area contributed by atoms with Crippen LogP contribution < -0.4 is 0 Å². The van der Waals surface area contributed by atoms with E-state index in [9.17, 15) is 0 Å². The lowest BCUT2D eigenvalue weighted by molar-refractivity contribution is 0.151. The van der Waals surface area contributed by atoms with Crippen LogP contribution in [-0.2, 0) is 67.1 Å². The Morgan fingerprint density at radius 2 is 0.795 bits per heavy atom. The third kappa shape index (κ3) is 36.3. The van der Waals surface area contributed by atoms with Gasteiger partial charge in [-0.2, -0.15) is 0 Å². The summed E-state index contributed by atoms with van der Waals surface area (Å²) in [7, 11) is -26.9. The Hall–Kier alpha value is 3.05. The largest absolute Gasteiger partial charge is 0.636 e. The van der Waals surface area contributed by atoms with E-state index in [1.54, 1.807) is 0 Å². The van der Waals surface area contributed by atoms with Gasteiger partial charge in [0, 0.05) is 24.4 Å². The van der Waals surface area contributed by atoms with E-state index < -0.39 is 144 Å². The zero-order valence-electron chi connectivity index (χ0n) is 55.8. The van der Waals surface area contributed by atoms with E-state index in [1.165, 1.54) is 63.8 Å². The third-order valence-corrected chi connectivity index (χ3v) is 65.4. The topological polar surface area (TPSA) is 148 Å². The highest BCUT2D eigenvalue weighted by molar-refractivity contribution is 6.89. The van der Waals surface area contributed by atoms with Crippen LogP contribution in [-0.4, -0.2) is 179 Å². The molecule has 0 aliphatic carbocycles. The highest BCUT2D eigenvalue weighted by atomic mass is 28.5. The van der Waals surface area contributed by atoms with Crippen LogP contribution in [0.25, 0.3) is 0 Å². The summed E-state index contributed by atoms with van der Waals surface area (Å²) in [6, 6.07) is 12.7. The highest BCUT2D eigenvalue weighted by Gasteiger charge is 2.55. The fraction of sp³-hybridized carbons (Fsp3) is 1.00. The lowest BCUT2D eigenvalue weighted by atomic mass is 10.2. The highest BCUT2D eigenvalue weighted by Crippen LogP contribution is 2.34. The molecule has 0 aromatic rings. The monoisotopic (exact) mass is 1450 g/mol. The minimum absolute atomic E-state index is 0.239. The molecule has 0 amide bonds. The van der Waals surface area contributed by atoms with Gasteiger partial charge in [0.2, 0.25) is 18.8 Å². The molecule has 4 aliphatic rings. The molecule has 0 aromatic carbocycles. The quantitative estimate of drug-likeness (QED) is 0.0432. The molecule has 0 bridgehead atoms. The predicted octanol–water partition coefficient (Wildman–Crippen LogP) is 12.0. The first-order chi connectivity index (χ1) is 39.2. The second-order valence-electron chi connectivity index (χ2n) is 26.6. The van der Waals surface area contributed by atoms with Gasteiger partial charge in [-0.05, 0) is 192 Å². The van der Waals surface area contributed by atoms with Crippen LogP contribution in [0.3, 0.4) is 0 Å². The smallest absolute Gasteiger partial charge is 0.441 e. The molecular weight excluding hydrogens is 1330 g/mol. The molecule has 4 heterocycles. The van der Waals surface area contributed by atoms with E-state index in [2.05, 4.69) is 119 Å². The van der Waals surface area contributed by atoms with E-state index in [-0.39, 0.29) is 34.2 Å². The van der Waals surface area contributed by atoms with E-state index in [4.69, 9.17) is 67.1 Å². The molecule has 4 saturated heterocycles. The van der Waals surface area contributed by atoms with Gasteiger partial charge < -0.3 is 67.1 Å². The van der Waals surface area contributed by atoms with Crippen molar-refractivity contribution in [2.75, 3.05) is 0 Å². The van der Waals surface area contributed by atoms with Crippen LogP contribution in [0.5, 0.6) is 0 Å². The summed E-state index contributed by atoms with van der Waals surface area (Å²) in [4.78, 5) is 0. The normalized spacial score (nSPS) is 30.6. The average molecular weight is 1460 g/mol. The minimum atomic E-state index is -3.63. The van der Waals surface area contributed by atoms with Crippen LogP contribution >= 0.6 is 0 Å². The van der Waals surface area contributed by atoms with Gasteiger partial charge in [-0.15, -0.1) is 0 Å². The first-order valence-electron chi connectivity index (χ1n) is 33.0. The summed E-state index contributed by atoms with van der Waals surface area (Å²) in [5, 5.41) is 0. The molecule has 0 N–H and O–H groups in total. The van der Waals surface area contributed by atoms with Gasteiger partial charge in [0.25, 0.3) is 27.9 Å². The summed E-state index contributed by atoms with van der Waals surface area (Å²) >= 11 is 0. The number of unbranched alkanes of at least 4 members (excludes halogenated alkanes) is 12. The molecule has 12 atom stereocenters. The van der Waals surface area contributed by atoms with Crippen molar-refractivity contribution in [1.82, 2.24) is 0 Å². The molecule has 0 spiro atoms. The lowest BCUT2D eigenvalue weighted by Crippen LogP contribution is -2.64. The Labute approximate surface area is 536 Å². The van der Waals surface area contributed by atoms with E-state index >= 15 is 0 Å². The van der Waals surface area contributed by atoms with E-state index in [1.807, 2.05) is 0 Å². The van der Waals surface area contributed by atoms with Gasteiger partial charge in [0.15, 0.2) is 52.1 Å². The van der Waals surface area contributed by atoms with Gasteiger partial charge in [0.1, 0.15) is 0 Å². The zero-order chi connectivity index (χ0) is 61.1. The Morgan fingerprint density at radius 1 is 0.398 bits per heavy atom. The predicted molar refractivity (Wildman–Crippen MR) is 378 cm³/mol. The molecule has 6 radical (unpaired) electrons. The number of rotatable bonds is 36. The molecule has 16 nitrogen and oxygen atoms in total. The molecule has 33 heteroatoms. The molecule has 0 aromatic heterocycles. The van der Waals surface area contributed by atoms with Crippen molar-refractivity contribution in [3.8, 4) is 0 Å². The second kappa shape index (κ2) is 41.7. The van der Waals surface area contributed by atoms with Crippen LogP contribution in [0, 0.1) is 0 Å². The Balaban J connectivity index is 1.43. The lowest BCUT2D eigenvalue weighted by Gasteiger charge is -2.43. The van der Waals surface area contributed by atoms with Gasteiger partial charge in [-0.1, -0.05) is 103 Å². The molecular formula is C50H122O16Si17. The maximum Gasteiger partial charge on any atom is 0.636 e. The van der Waals surface area contributed by atoms with Crippen molar-refractivity contribution in [3.05, 3.63) is 0 Å². The maximum absolute atomic E-state index is 7.69. The van der Waals surface area contributed by atoms with Gasteiger partial charge >= 0.3 is 55.5 Å². The molecule has 0 saturated carbocycles. The molecule has 83 heavy (non-hydrogen) atoms. The van der Waals surface area contributed by atoms with Crippen molar-refractivity contribution in [2.24, 2.45) is 0 Å². The summed E-state index contributed by atoms with van der Waals surface area (Å²) in [5.74, 6) is 0. The summed E-state index contributed by atoms with van der Waals surface area (Å²) in [6.45, 7) is 40.9. The number of hydrogen-bond donors (Lipinski definition) is 0. The first-order valence-corrected chi connectivity index (χ1v) is 69.3. The van der Waals surface area contributed by atoms with Crippen molar-refractivity contribution in [3.63, 3.8) is 0 Å². The molecule has 12 unspecified atom stereocenters. The summed E-state index contributed by atoms with van der Waals surface area (Å²) in [6.07, 6.45) is 19.5. The van der Waals surface area contributed by atoms with Crippen molar-refractivity contribution in [1.29, 1.82) is 0 Å². The number of hydrogen-bond acceptors (Lipinski definition) is 16. The van der Waals surface area contributed by atoms with Crippen LogP contribution in [0.1, 0.15) is 130 Å². The standard InChI is InChI=1S/C50H122O16Si17/c1-47-43-70(7)58-79(61-72(9)51-47)39-31-20-19-27-35-67-55-83(64-80(13,14)40-32-24-21-28-36-76-46-50(4)52-71(8)59-75(12)60-76,65-81(15,16)41-33-25-22-29-37-77-53-48(2)44-68(5)56-73(10)62-77)66-82(17,18)42-34-26-23-30-38-78-54-49(3)45-69(6)57-74(11)63-78/h47-50,68-75H,19-46H2,1-18H3. The van der Waals surface area contributed by atoms with Crippen LogP contribution in [0.15, 0.2) is 0 Å². The zero-order valence-corrected chi connectivity index (χ0v) is 74.0. The van der Waals surface area contributed by atoms with E-state index in [0.29, 0.717) is 0 Å². The van der Waals surface area contributed by atoms with Crippen LogP contribution in [0.4, 0.5) is 0 Å². The van der Waals surface area contributed by atoms with E-state index in [0.717, 1.165) is 111 Å². The van der Waals surface area contributed by atoms with Gasteiger partial charge in [0.05, 0.1) is 0 Å². The van der Waals surface area contributed by atoms with Gasteiger partial charge in [-0.25, -0.2) is 0 Å². The molecule has 486 valence electrons.